The largest absolute Gasteiger partial charge is 0.497 e. The minimum absolute atomic E-state index is 0.0203. The van der Waals surface area contributed by atoms with E-state index in [4.69, 9.17) is 14.2 Å². The predicted octanol–water partition coefficient (Wildman–Crippen LogP) is 6.22. The molecule has 9 nitrogen and oxygen atoms in total. The van der Waals surface area contributed by atoms with Gasteiger partial charge in [-0.25, -0.2) is 31.5 Å². The van der Waals surface area contributed by atoms with E-state index in [1.165, 1.54) is 50.9 Å². The topological polar surface area (TPSA) is 94.1 Å². The number of ether oxygens (including phenoxy) is 3. The highest BCUT2D eigenvalue weighted by molar-refractivity contribution is 7.92. The molecule has 3 aromatic carbocycles. The fourth-order valence-corrected chi connectivity index (χ4v) is 7.64. The second-order valence-electron chi connectivity index (χ2n) is 11.0. The van der Waals surface area contributed by atoms with Crippen LogP contribution in [0.5, 0.6) is 17.2 Å². The van der Waals surface area contributed by atoms with Gasteiger partial charge in [0.05, 0.1) is 27.4 Å². The molecule has 1 fully saturated rings. The lowest BCUT2D eigenvalue weighted by molar-refractivity contribution is 0.0665. The Labute approximate surface area is 261 Å². The number of likely N-dealkylation sites (tertiary alicyclic amines) is 1. The molecule has 0 aliphatic carbocycles. The number of fused-ring (bicyclic) bond motifs is 1. The molecule has 0 unspecified atom stereocenters. The molecule has 0 spiro atoms. The summed E-state index contributed by atoms with van der Waals surface area (Å²) in [7, 11) is -1.56. The summed E-state index contributed by atoms with van der Waals surface area (Å²) in [6.45, 7) is 0.882. The molecule has 0 bridgehead atoms. The van der Waals surface area contributed by atoms with Gasteiger partial charge in [0.2, 0.25) is 5.95 Å². The van der Waals surface area contributed by atoms with Crippen LogP contribution in [0.3, 0.4) is 0 Å². The van der Waals surface area contributed by atoms with Gasteiger partial charge in [-0.2, -0.15) is 0 Å². The average Bonchev–Trinajstić information content (AvgIpc) is 3.07. The first-order chi connectivity index (χ1) is 21.8. The summed E-state index contributed by atoms with van der Waals surface area (Å²) < 4.78 is 76.0. The number of piperidine rings is 1. The van der Waals surface area contributed by atoms with Gasteiger partial charge in [-0.15, -0.1) is 0 Å². The van der Waals surface area contributed by atoms with E-state index in [0.29, 0.717) is 41.4 Å². The molecule has 4 aromatic rings. The van der Waals surface area contributed by atoms with Crippen molar-refractivity contribution in [2.75, 3.05) is 31.7 Å². The van der Waals surface area contributed by atoms with Crippen molar-refractivity contribution in [3.8, 4) is 17.2 Å². The maximum Gasteiger partial charge on any atom is 0.270 e. The third-order valence-electron chi connectivity index (χ3n) is 8.42. The molecule has 2 aliphatic rings. The lowest BCUT2D eigenvalue weighted by Gasteiger charge is -2.43. The zero-order valence-corrected chi connectivity index (χ0v) is 25.8. The van der Waals surface area contributed by atoms with Crippen LogP contribution in [0, 0.1) is 11.6 Å². The molecular weight excluding hydrogens is 602 g/mol. The third kappa shape index (κ3) is 6.16. The molecule has 236 valence electrons. The summed E-state index contributed by atoms with van der Waals surface area (Å²) >= 11 is 0. The van der Waals surface area contributed by atoms with E-state index in [2.05, 4.69) is 14.9 Å². The Kier molecular flexibility index (Phi) is 8.86. The lowest BCUT2D eigenvalue weighted by atomic mass is 9.89. The highest BCUT2D eigenvalue weighted by Gasteiger charge is 2.37. The molecule has 3 heterocycles. The number of halogens is 2. The summed E-state index contributed by atoms with van der Waals surface area (Å²) in [5.41, 5.74) is 2.09. The normalized spacial score (nSPS) is 18.5. The number of benzene rings is 3. The molecule has 1 aromatic heterocycles. The van der Waals surface area contributed by atoms with Crippen LogP contribution in [0.25, 0.3) is 0 Å². The Morgan fingerprint density at radius 3 is 2.47 bits per heavy atom. The zero-order valence-electron chi connectivity index (χ0n) is 25.0. The van der Waals surface area contributed by atoms with Crippen LogP contribution in [0.2, 0.25) is 0 Å². The molecule has 0 radical (unpaired) electrons. The molecule has 45 heavy (non-hydrogen) atoms. The van der Waals surface area contributed by atoms with E-state index in [0.717, 1.165) is 35.7 Å². The number of hydrogen-bond acceptors (Lipinski definition) is 8. The number of aromatic nitrogens is 2. The minimum Gasteiger partial charge on any atom is -0.497 e. The van der Waals surface area contributed by atoms with Gasteiger partial charge < -0.3 is 14.2 Å². The monoisotopic (exact) mass is 636 g/mol. The van der Waals surface area contributed by atoms with Crippen molar-refractivity contribution in [1.29, 1.82) is 0 Å². The van der Waals surface area contributed by atoms with Gasteiger partial charge in [0.1, 0.15) is 33.8 Å². The van der Waals surface area contributed by atoms with Crippen molar-refractivity contribution in [1.82, 2.24) is 14.9 Å². The molecule has 6 rings (SSSR count). The van der Waals surface area contributed by atoms with Gasteiger partial charge in [-0.3, -0.25) is 4.90 Å². The van der Waals surface area contributed by atoms with E-state index in [-0.39, 0.29) is 30.4 Å². The van der Waals surface area contributed by atoms with Gasteiger partial charge >= 0.3 is 0 Å². The van der Waals surface area contributed by atoms with Crippen molar-refractivity contribution in [3.63, 3.8) is 0 Å². The molecule has 2 atom stereocenters. The lowest BCUT2D eigenvalue weighted by Crippen LogP contribution is -2.39. The quantitative estimate of drug-likeness (QED) is 0.214. The molecular formula is C33H34F2N4O5S. The second kappa shape index (κ2) is 13.0. The first-order valence-electron chi connectivity index (χ1n) is 14.8. The van der Waals surface area contributed by atoms with Gasteiger partial charge in [-0.1, -0.05) is 18.6 Å². The zero-order chi connectivity index (χ0) is 31.6. The number of sulfonamides is 1. The number of methoxy groups -OCH3 is 2. The molecule has 0 amide bonds. The van der Waals surface area contributed by atoms with Gasteiger partial charge in [-0.05, 0) is 61.3 Å². The van der Waals surface area contributed by atoms with Crippen molar-refractivity contribution >= 4 is 16.0 Å². The summed E-state index contributed by atoms with van der Waals surface area (Å²) in [6, 6.07) is 15.4. The minimum atomic E-state index is -4.54. The number of rotatable bonds is 9. The first kappa shape index (κ1) is 30.7. The molecule has 1 saturated heterocycles. The Morgan fingerprint density at radius 1 is 0.956 bits per heavy atom. The van der Waals surface area contributed by atoms with Crippen LogP contribution in [-0.2, 0) is 16.6 Å². The highest BCUT2D eigenvalue weighted by atomic mass is 32.2. The van der Waals surface area contributed by atoms with E-state index in [1.54, 1.807) is 36.4 Å². The highest BCUT2D eigenvalue weighted by Crippen LogP contribution is 2.45. The van der Waals surface area contributed by atoms with Crippen LogP contribution < -0.4 is 18.5 Å². The smallest absolute Gasteiger partial charge is 0.270 e. The van der Waals surface area contributed by atoms with Gasteiger partial charge in [0.15, 0.2) is 0 Å². The van der Waals surface area contributed by atoms with E-state index in [1.807, 2.05) is 0 Å². The van der Waals surface area contributed by atoms with Crippen molar-refractivity contribution in [2.45, 2.75) is 49.2 Å². The molecule has 12 heteroatoms. The standard InChI is InChI=1S/C33H34F2N4O5S/c1-42-25-12-9-23(30(18-25)43-2)21-39(33-36-14-5-15-37-33)45(40,41)32-20-31-26(19-27(32)35)29(13-17-44-31)38-16-4-3-6-28(38)22-7-10-24(34)11-8-22/h5,7-12,14-15,18-20,28-29H,3-4,6,13,16-17,21H2,1-2H3/t28-,29-/m0/s1. The number of hydrogen-bond donors (Lipinski definition) is 0. The Bertz CT molecular complexity index is 1760. The fourth-order valence-electron chi connectivity index (χ4n) is 6.22. The second-order valence-corrected chi connectivity index (χ2v) is 12.8. The van der Waals surface area contributed by atoms with Crippen LogP contribution in [0.4, 0.5) is 14.7 Å². The number of nitrogens with zero attached hydrogens (tertiary/aromatic N) is 4. The van der Waals surface area contributed by atoms with E-state index < -0.39 is 20.7 Å². The van der Waals surface area contributed by atoms with Crippen LogP contribution in [0.15, 0.2) is 78.0 Å². The molecule has 0 saturated carbocycles. The van der Waals surface area contributed by atoms with E-state index in [9.17, 15) is 12.8 Å². The van der Waals surface area contributed by atoms with E-state index >= 15 is 4.39 Å². The predicted molar refractivity (Wildman–Crippen MR) is 164 cm³/mol. The molecule has 2 aliphatic heterocycles. The average molecular weight is 637 g/mol. The third-order valence-corrected chi connectivity index (χ3v) is 10.2. The molecule has 0 N–H and O–H groups in total. The van der Waals surface area contributed by atoms with Crippen LogP contribution in [0.1, 0.15) is 54.5 Å². The Morgan fingerprint density at radius 2 is 1.73 bits per heavy atom. The summed E-state index contributed by atoms with van der Waals surface area (Å²) in [5, 5.41) is 0. The van der Waals surface area contributed by atoms with Crippen LogP contribution >= 0.6 is 0 Å². The summed E-state index contributed by atoms with van der Waals surface area (Å²) in [5.74, 6) is -0.0909. The maximum atomic E-state index is 16.1. The maximum absolute atomic E-state index is 16.1. The van der Waals surface area contributed by atoms with Crippen LogP contribution in [-0.4, -0.2) is 50.7 Å². The SMILES string of the molecule is COc1ccc(CN(c2ncccn2)S(=O)(=O)c2cc3c(cc2F)[C@@H](N2CCCC[C@H]2c2ccc(F)cc2)CCO3)c(OC)c1. The summed E-state index contributed by atoms with van der Waals surface area (Å²) in [6.07, 6.45) is 6.33. The van der Waals surface area contributed by atoms with Crippen molar-refractivity contribution < 1.29 is 31.4 Å². The Balaban J connectivity index is 1.38. The van der Waals surface area contributed by atoms with Gasteiger partial charge in [0.25, 0.3) is 10.0 Å². The van der Waals surface area contributed by atoms with Gasteiger partial charge in [0, 0.05) is 54.2 Å². The summed E-state index contributed by atoms with van der Waals surface area (Å²) in [4.78, 5) is 10.1. The van der Waals surface area contributed by atoms with Crippen molar-refractivity contribution in [2.24, 2.45) is 0 Å². The fraction of sp³-hybridized carbons (Fsp3) is 0.333. The number of anilines is 1. The van der Waals surface area contributed by atoms with Crippen molar-refractivity contribution in [3.05, 3.63) is 101 Å². The Hall–Kier alpha value is -4.29. The first-order valence-corrected chi connectivity index (χ1v) is 16.2.